The maximum absolute atomic E-state index is 10.6. The van der Waals surface area contributed by atoms with Crippen LogP contribution in [0.1, 0.15) is 19.8 Å². The molecule has 0 heterocycles. The van der Waals surface area contributed by atoms with Crippen LogP contribution >= 0.6 is 0 Å². The number of carbonyl (C=O) groups is 1. The van der Waals surface area contributed by atoms with Crippen LogP contribution in [0.2, 0.25) is 0 Å². The van der Waals surface area contributed by atoms with Crippen LogP contribution in [0.3, 0.4) is 0 Å². The fourth-order valence-corrected chi connectivity index (χ4v) is 1.40. The molecule has 15 heavy (non-hydrogen) atoms. The molecule has 0 aliphatic rings. The van der Waals surface area contributed by atoms with Crippen LogP contribution < -0.4 is 5.06 Å². The molecule has 4 heteroatoms. The maximum Gasteiger partial charge on any atom is 0.305 e. The summed E-state index contributed by atoms with van der Waals surface area (Å²) in [6.07, 6.45) is 0.513. The van der Waals surface area contributed by atoms with Crippen molar-refractivity contribution in [2.75, 3.05) is 5.06 Å². The van der Waals surface area contributed by atoms with E-state index in [-0.39, 0.29) is 12.5 Å². The molecule has 82 valence electrons. The Bertz CT molecular complexity index is 313. The number of hydrogen-bond donors (Lipinski definition) is 2. The molecule has 4 nitrogen and oxygen atoms in total. The minimum absolute atomic E-state index is 0.0676. The van der Waals surface area contributed by atoms with Gasteiger partial charge in [0.1, 0.15) is 0 Å². The van der Waals surface area contributed by atoms with Crippen molar-refractivity contribution in [2.45, 2.75) is 25.8 Å². The van der Waals surface area contributed by atoms with E-state index in [1.807, 2.05) is 13.0 Å². The number of hydrogen-bond acceptors (Lipinski definition) is 3. The minimum atomic E-state index is -0.906. The third-order valence-electron chi connectivity index (χ3n) is 2.25. The van der Waals surface area contributed by atoms with Crippen LogP contribution in [-0.4, -0.2) is 22.3 Å². The largest absolute Gasteiger partial charge is 0.481 e. The molecule has 1 rings (SSSR count). The van der Waals surface area contributed by atoms with Crippen LogP contribution in [0.4, 0.5) is 5.69 Å². The van der Waals surface area contributed by atoms with Crippen molar-refractivity contribution in [3.8, 4) is 0 Å². The van der Waals surface area contributed by atoms with E-state index < -0.39 is 5.97 Å². The quantitative estimate of drug-likeness (QED) is 0.729. The van der Waals surface area contributed by atoms with Gasteiger partial charge in [-0.15, -0.1) is 0 Å². The van der Waals surface area contributed by atoms with Crippen LogP contribution in [-0.2, 0) is 4.79 Å². The lowest BCUT2D eigenvalue weighted by Gasteiger charge is -2.25. The molecule has 0 saturated carbocycles. The molecule has 1 aromatic rings. The van der Waals surface area contributed by atoms with Gasteiger partial charge in [0, 0.05) is 0 Å². The normalized spacial score (nSPS) is 12.1. The Labute approximate surface area is 88.7 Å². The SMILES string of the molecule is CCC(CC(=O)O)N(O)c1ccccc1. The van der Waals surface area contributed by atoms with Crippen molar-refractivity contribution in [1.29, 1.82) is 0 Å². The molecule has 0 radical (unpaired) electrons. The summed E-state index contributed by atoms with van der Waals surface area (Å²) in [6, 6.07) is 8.53. The lowest BCUT2D eigenvalue weighted by Crippen LogP contribution is -2.33. The van der Waals surface area contributed by atoms with E-state index in [9.17, 15) is 10.0 Å². The molecule has 1 unspecified atom stereocenters. The van der Waals surface area contributed by atoms with Gasteiger partial charge in [-0.2, -0.15) is 0 Å². The van der Waals surface area contributed by atoms with E-state index in [0.717, 1.165) is 5.06 Å². The predicted molar refractivity (Wildman–Crippen MR) is 57.0 cm³/mol. The Hall–Kier alpha value is -1.55. The van der Waals surface area contributed by atoms with Crippen molar-refractivity contribution in [2.24, 2.45) is 0 Å². The van der Waals surface area contributed by atoms with Gasteiger partial charge in [0.25, 0.3) is 0 Å². The predicted octanol–water partition coefficient (Wildman–Crippen LogP) is 2.14. The first-order valence-corrected chi connectivity index (χ1v) is 4.90. The molecule has 0 saturated heterocycles. The molecule has 0 aliphatic carbocycles. The van der Waals surface area contributed by atoms with Crippen LogP contribution in [0.15, 0.2) is 30.3 Å². The Morgan fingerprint density at radius 3 is 2.47 bits per heavy atom. The summed E-state index contributed by atoms with van der Waals surface area (Å²) in [5, 5.41) is 19.5. The molecule has 0 bridgehead atoms. The minimum Gasteiger partial charge on any atom is -0.481 e. The number of anilines is 1. The lowest BCUT2D eigenvalue weighted by molar-refractivity contribution is -0.137. The van der Waals surface area contributed by atoms with E-state index in [2.05, 4.69) is 0 Å². The molecular formula is C11H15NO3. The van der Waals surface area contributed by atoms with E-state index in [1.54, 1.807) is 24.3 Å². The van der Waals surface area contributed by atoms with Crippen molar-refractivity contribution in [3.63, 3.8) is 0 Å². The number of rotatable bonds is 5. The van der Waals surface area contributed by atoms with Crippen molar-refractivity contribution in [1.82, 2.24) is 0 Å². The van der Waals surface area contributed by atoms with Crippen LogP contribution in [0, 0.1) is 0 Å². The first kappa shape index (κ1) is 11.5. The number of nitrogens with zero attached hydrogens (tertiary/aromatic N) is 1. The average molecular weight is 209 g/mol. The second kappa shape index (κ2) is 5.36. The van der Waals surface area contributed by atoms with Gasteiger partial charge in [0.15, 0.2) is 0 Å². The lowest BCUT2D eigenvalue weighted by atomic mass is 10.1. The second-order valence-electron chi connectivity index (χ2n) is 3.34. The number of aliphatic carboxylic acids is 1. The summed E-state index contributed by atoms with van der Waals surface area (Å²) in [5.41, 5.74) is 0.616. The maximum atomic E-state index is 10.6. The van der Waals surface area contributed by atoms with Crippen molar-refractivity contribution >= 4 is 11.7 Å². The summed E-state index contributed by atoms with van der Waals surface area (Å²) < 4.78 is 0. The summed E-state index contributed by atoms with van der Waals surface area (Å²) in [6.45, 7) is 1.85. The number of carboxylic acid groups (broad SMARTS) is 1. The zero-order chi connectivity index (χ0) is 11.3. The van der Waals surface area contributed by atoms with Gasteiger partial charge in [-0.05, 0) is 18.6 Å². The van der Waals surface area contributed by atoms with Gasteiger partial charge in [-0.1, -0.05) is 25.1 Å². The molecule has 1 aromatic carbocycles. The average Bonchev–Trinajstić information content (AvgIpc) is 2.26. The highest BCUT2D eigenvalue weighted by Gasteiger charge is 2.18. The van der Waals surface area contributed by atoms with Gasteiger partial charge >= 0.3 is 5.97 Å². The Kier molecular flexibility index (Phi) is 4.12. The summed E-state index contributed by atoms with van der Waals surface area (Å²) in [4.78, 5) is 10.6. The Morgan fingerprint density at radius 1 is 1.40 bits per heavy atom. The number of carboxylic acids is 1. The molecular weight excluding hydrogens is 194 g/mol. The zero-order valence-corrected chi connectivity index (χ0v) is 8.63. The molecule has 1 atom stereocenters. The molecule has 0 aliphatic heterocycles. The molecule has 0 spiro atoms. The second-order valence-corrected chi connectivity index (χ2v) is 3.34. The Balaban J connectivity index is 2.73. The first-order chi connectivity index (χ1) is 7.15. The highest BCUT2D eigenvalue weighted by atomic mass is 16.5. The standard InChI is InChI=1S/C11H15NO3/c1-2-9(8-11(13)14)12(15)10-6-4-3-5-7-10/h3-7,9,15H,2,8H2,1H3,(H,13,14). The Morgan fingerprint density at radius 2 is 2.00 bits per heavy atom. The van der Waals surface area contributed by atoms with Crippen LogP contribution in [0.25, 0.3) is 0 Å². The van der Waals surface area contributed by atoms with Crippen molar-refractivity contribution in [3.05, 3.63) is 30.3 Å². The number of para-hydroxylation sites is 1. The third-order valence-corrected chi connectivity index (χ3v) is 2.25. The van der Waals surface area contributed by atoms with Crippen molar-refractivity contribution < 1.29 is 15.1 Å². The zero-order valence-electron chi connectivity index (χ0n) is 8.63. The van der Waals surface area contributed by atoms with Gasteiger partial charge in [0.05, 0.1) is 18.2 Å². The molecule has 2 N–H and O–H groups in total. The van der Waals surface area contributed by atoms with Gasteiger partial charge < -0.3 is 5.11 Å². The number of benzene rings is 1. The third kappa shape index (κ3) is 3.25. The van der Waals surface area contributed by atoms with Gasteiger partial charge in [-0.25, -0.2) is 0 Å². The fourth-order valence-electron chi connectivity index (χ4n) is 1.40. The summed E-state index contributed by atoms with van der Waals surface area (Å²) in [7, 11) is 0. The van der Waals surface area contributed by atoms with E-state index >= 15 is 0 Å². The summed E-state index contributed by atoms with van der Waals surface area (Å²) in [5.74, 6) is -0.906. The fraction of sp³-hybridized carbons (Fsp3) is 0.364. The number of hydroxylamine groups is 1. The van der Waals surface area contributed by atoms with Crippen LogP contribution in [0.5, 0.6) is 0 Å². The highest BCUT2D eigenvalue weighted by Crippen LogP contribution is 2.17. The molecule has 0 fully saturated rings. The van der Waals surface area contributed by atoms with E-state index in [0.29, 0.717) is 12.1 Å². The van der Waals surface area contributed by atoms with E-state index in [1.165, 1.54) is 0 Å². The molecule has 0 aromatic heterocycles. The van der Waals surface area contributed by atoms with E-state index in [4.69, 9.17) is 5.11 Å². The highest BCUT2D eigenvalue weighted by molar-refractivity contribution is 5.68. The topological polar surface area (TPSA) is 60.8 Å². The van der Waals surface area contributed by atoms with Gasteiger partial charge in [0.2, 0.25) is 0 Å². The molecule has 0 amide bonds. The summed E-state index contributed by atoms with van der Waals surface area (Å²) >= 11 is 0. The smallest absolute Gasteiger partial charge is 0.305 e. The first-order valence-electron chi connectivity index (χ1n) is 4.90. The monoisotopic (exact) mass is 209 g/mol. The van der Waals surface area contributed by atoms with Gasteiger partial charge in [-0.3, -0.25) is 15.1 Å².